The first-order valence-corrected chi connectivity index (χ1v) is 6.14. The number of aromatic carboxylic acids is 1. The van der Waals surface area contributed by atoms with E-state index in [2.05, 4.69) is 0 Å². The van der Waals surface area contributed by atoms with Gasteiger partial charge in [0.2, 0.25) is 0 Å². The summed E-state index contributed by atoms with van der Waals surface area (Å²) < 4.78 is 5.23. The number of nitrogens with zero attached hydrogens (tertiary/aromatic N) is 1. The van der Waals surface area contributed by atoms with Crippen molar-refractivity contribution >= 4 is 23.3 Å². The maximum Gasteiger partial charge on any atom is 0.339 e. The van der Waals surface area contributed by atoms with E-state index in [1.54, 1.807) is 24.5 Å². The molecule has 0 aliphatic rings. The highest BCUT2D eigenvalue weighted by atomic mass is 35.5. The molecule has 0 saturated carbocycles. The molecular weight excluding hydrogens is 266 g/mol. The minimum Gasteiger partial charge on any atom is -0.478 e. The van der Waals surface area contributed by atoms with Crippen LogP contribution in [0.25, 0.3) is 0 Å². The van der Waals surface area contributed by atoms with E-state index in [1.165, 1.54) is 0 Å². The molecule has 1 heterocycles. The molecule has 1 N–H and O–H groups in total. The number of carboxylic acid groups (broad SMARTS) is 1. The Morgan fingerprint density at radius 1 is 1.42 bits per heavy atom. The van der Waals surface area contributed by atoms with Crippen LogP contribution in [0.2, 0.25) is 5.02 Å². The molecule has 5 heteroatoms. The van der Waals surface area contributed by atoms with Gasteiger partial charge in [-0.3, -0.25) is 0 Å². The van der Waals surface area contributed by atoms with E-state index in [9.17, 15) is 9.90 Å². The van der Waals surface area contributed by atoms with E-state index < -0.39 is 5.97 Å². The number of hydrogen-bond donors (Lipinski definition) is 1. The molecule has 1 aromatic heterocycles. The van der Waals surface area contributed by atoms with Crippen molar-refractivity contribution in [1.29, 1.82) is 0 Å². The molecule has 0 aliphatic heterocycles. The third-order valence-corrected chi connectivity index (χ3v) is 3.31. The van der Waals surface area contributed by atoms with Gasteiger partial charge in [0.1, 0.15) is 11.3 Å². The smallest absolute Gasteiger partial charge is 0.339 e. The fraction of sp³-hybridized carbons (Fsp3) is 0.214. The average molecular weight is 280 g/mol. The summed E-state index contributed by atoms with van der Waals surface area (Å²) in [5, 5.41) is 9.48. The van der Waals surface area contributed by atoms with Crippen LogP contribution in [0, 0.1) is 6.92 Å². The Morgan fingerprint density at radius 2 is 2.16 bits per heavy atom. The maximum absolute atomic E-state index is 11.3. The van der Waals surface area contributed by atoms with Crippen molar-refractivity contribution in [2.75, 3.05) is 11.9 Å². The second kappa shape index (κ2) is 5.36. The molecule has 0 radical (unpaired) electrons. The van der Waals surface area contributed by atoms with Crippen LogP contribution in [0.1, 0.15) is 21.7 Å². The van der Waals surface area contributed by atoms with Gasteiger partial charge in [0.05, 0.1) is 17.0 Å². The second-order valence-electron chi connectivity index (χ2n) is 4.30. The molecule has 4 nitrogen and oxygen atoms in total. The molecule has 0 unspecified atom stereocenters. The summed E-state index contributed by atoms with van der Waals surface area (Å²) in [6.07, 6.45) is 1.62. The van der Waals surface area contributed by atoms with Gasteiger partial charge < -0.3 is 14.4 Å². The summed E-state index contributed by atoms with van der Waals surface area (Å²) in [5.74, 6) is -0.206. The van der Waals surface area contributed by atoms with Crippen molar-refractivity contribution in [3.05, 3.63) is 52.4 Å². The first kappa shape index (κ1) is 13.5. The maximum atomic E-state index is 11.3. The van der Waals surface area contributed by atoms with Gasteiger partial charge in [-0.1, -0.05) is 17.7 Å². The molecule has 1 aromatic carbocycles. The zero-order chi connectivity index (χ0) is 14.0. The molecule has 0 aliphatic carbocycles. The minimum absolute atomic E-state index is 0.118. The summed E-state index contributed by atoms with van der Waals surface area (Å²) in [5.41, 5.74) is 1.72. The highest BCUT2D eigenvalue weighted by molar-refractivity contribution is 6.34. The van der Waals surface area contributed by atoms with Crippen LogP contribution in [0.5, 0.6) is 0 Å². The standard InChI is InChI=1S/C14H14ClNO3/c1-9-10(6-7-19-9)8-16(2)12-5-3-4-11(15)13(12)14(17)18/h3-7H,8H2,1-2H3,(H,17,18). The van der Waals surface area contributed by atoms with Crippen molar-refractivity contribution in [2.45, 2.75) is 13.5 Å². The number of carboxylic acids is 1. The van der Waals surface area contributed by atoms with E-state index in [4.69, 9.17) is 16.0 Å². The lowest BCUT2D eigenvalue weighted by Gasteiger charge is -2.21. The second-order valence-corrected chi connectivity index (χ2v) is 4.70. The van der Waals surface area contributed by atoms with Gasteiger partial charge in [0.15, 0.2) is 0 Å². The zero-order valence-corrected chi connectivity index (χ0v) is 11.4. The van der Waals surface area contributed by atoms with Gasteiger partial charge in [0, 0.05) is 19.2 Å². The predicted molar refractivity (Wildman–Crippen MR) is 74.0 cm³/mol. The Morgan fingerprint density at radius 3 is 2.74 bits per heavy atom. The average Bonchev–Trinajstić information content (AvgIpc) is 2.74. The molecule has 0 bridgehead atoms. The number of furan rings is 1. The van der Waals surface area contributed by atoms with E-state index in [0.29, 0.717) is 12.2 Å². The van der Waals surface area contributed by atoms with Gasteiger partial charge in [-0.05, 0) is 25.1 Å². The van der Waals surface area contributed by atoms with E-state index in [1.807, 2.05) is 24.9 Å². The molecular formula is C14H14ClNO3. The lowest BCUT2D eigenvalue weighted by Crippen LogP contribution is -2.19. The van der Waals surface area contributed by atoms with Crippen LogP contribution in [0.15, 0.2) is 34.9 Å². The number of hydrogen-bond acceptors (Lipinski definition) is 3. The first-order chi connectivity index (χ1) is 9.00. The summed E-state index contributed by atoms with van der Waals surface area (Å²) in [7, 11) is 1.82. The normalized spacial score (nSPS) is 10.5. The topological polar surface area (TPSA) is 53.7 Å². The number of benzene rings is 1. The third kappa shape index (κ3) is 2.74. The lowest BCUT2D eigenvalue weighted by atomic mass is 10.1. The Bertz CT molecular complexity index is 606. The minimum atomic E-state index is -1.03. The Hall–Kier alpha value is -1.94. The fourth-order valence-electron chi connectivity index (χ4n) is 1.96. The number of anilines is 1. The Labute approximate surface area is 116 Å². The van der Waals surface area contributed by atoms with Crippen molar-refractivity contribution < 1.29 is 14.3 Å². The van der Waals surface area contributed by atoms with E-state index >= 15 is 0 Å². The number of carbonyl (C=O) groups is 1. The highest BCUT2D eigenvalue weighted by Gasteiger charge is 2.17. The molecule has 0 amide bonds. The van der Waals surface area contributed by atoms with Crippen molar-refractivity contribution in [3.63, 3.8) is 0 Å². The van der Waals surface area contributed by atoms with Crippen LogP contribution >= 0.6 is 11.6 Å². The van der Waals surface area contributed by atoms with Gasteiger partial charge >= 0.3 is 5.97 Å². The number of rotatable bonds is 4. The SMILES string of the molecule is Cc1occc1CN(C)c1cccc(Cl)c1C(=O)O. The monoisotopic (exact) mass is 279 g/mol. The quantitative estimate of drug-likeness (QED) is 0.929. The summed E-state index contributed by atoms with van der Waals surface area (Å²) in [6.45, 7) is 2.43. The predicted octanol–water partition coefficient (Wildman–Crippen LogP) is 3.58. The van der Waals surface area contributed by atoms with Gasteiger partial charge in [0.25, 0.3) is 0 Å². The van der Waals surface area contributed by atoms with E-state index in [-0.39, 0.29) is 10.6 Å². The Kier molecular flexibility index (Phi) is 3.81. The van der Waals surface area contributed by atoms with Crippen molar-refractivity contribution in [3.8, 4) is 0 Å². The molecule has 100 valence electrons. The van der Waals surface area contributed by atoms with Crippen LogP contribution in [-0.2, 0) is 6.54 Å². The van der Waals surface area contributed by atoms with E-state index in [0.717, 1.165) is 11.3 Å². The van der Waals surface area contributed by atoms with Gasteiger partial charge in [-0.25, -0.2) is 4.79 Å². The molecule has 0 saturated heterocycles. The van der Waals surface area contributed by atoms with Crippen LogP contribution < -0.4 is 4.90 Å². The highest BCUT2D eigenvalue weighted by Crippen LogP contribution is 2.28. The van der Waals surface area contributed by atoms with Crippen molar-refractivity contribution in [2.24, 2.45) is 0 Å². The fourth-order valence-corrected chi connectivity index (χ4v) is 2.21. The van der Waals surface area contributed by atoms with Crippen LogP contribution in [0.3, 0.4) is 0 Å². The molecule has 0 atom stereocenters. The summed E-state index contributed by atoms with van der Waals surface area (Å²) in [6, 6.07) is 6.93. The molecule has 0 fully saturated rings. The lowest BCUT2D eigenvalue weighted by molar-refractivity contribution is 0.0697. The summed E-state index contributed by atoms with van der Waals surface area (Å²) >= 11 is 5.96. The van der Waals surface area contributed by atoms with Crippen molar-refractivity contribution in [1.82, 2.24) is 0 Å². The largest absolute Gasteiger partial charge is 0.478 e. The van der Waals surface area contributed by atoms with Crippen LogP contribution in [-0.4, -0.2) is 18.1 Å². The first-order valence-electron chi connectivity index (χ1n) is 5.76. The zero-order valence-electron chi connectivity index (χ0n) is 10.7. The van der Waals surface area contributed by atoms with Gasteiger partial charge in [-0.2, -0.15) is 0 Å². The Balaban J connectivity index is 2.34. The molecule has 2 aromatic rings. The molecule has 2 rings (SSSR count). The van der Waals surface area contributed by atoms with Gasteiger partial charge in [-0.15, -0.1) is 0 Å². The number of aryl methyl sites for hydroxylation is 1. The molecule has 0 spiro atoms. The third-order valence-electron chi connectivity index (χ3n) is 2.99. The molecule has 19 heavy (non-hydrogen) atoms. The van der Waals surface area contributed by atoms with Crippen LogP contribution in [0.4, 0.5) is 5.69 Å². The number of halogens is 1. The summed E-state index contributed by atoms with van der Waals surface area (Å²) in [4.78, 5) is 13.1.